The van der Waals surface area contributed by atoms with E-state index in [1.165, 1.54) is 38.9 Å². The Morgan fingerprint density at radius 3 is 2.35 bits per heavy atom. The van der Waals surface area contributed by atoms with E-state index in [2.05, 4.69) is 50.5 Å². The van der Waals surface area contributed by atoms with Gasteiger partial charge in [0.1, 0.15) is 18.0 Å². The molecular formula is C43H56ClN7O3. The second kappa shape index (κ2) is 15.7. The van der Waals surface area contributed by atoms with Crippen molar-refractivity contribution in [2.45, 2.75) is 90.4 Å². The maximum absolute atomic E-state index is 12.5. The molecule has 2 aromatic carbocycles. The Balaban J connectivity index is 0.827. The molecular weight excluding hydrogens is 698 g/mol. The number of benzene rings is 2. The first kappa shape index (κ1) is 38.4. The maximum atomic E-state index is 12.5. The standard InChI is InChI=1S/C43H56ClN7O3/c1-41(2,3)54-40(52)50-17-13-43(14-18-50)26-37(27-43)51-16-12-31(29-51)28-48-19-21-49(22-20-48)39-46-15-11-35(47-39)30-53-38-9-7-32(8-10-38)42(4,5)33-23-34(44)25-36(24-33)45-6/h7-11,15,23-25,31,37H,12-14,16-22,26-30H2,1-5H3. The van der Waals surface area contributed by atoms with Crippen LogP contribution in [0.5, 0.6) is 5.75 Å². The van der Waals surface area contributed by atoms with Crippen molar-refractivity contribution in [1.29, 1.82) is 0 Å². The van der Waals surface area contributed by atoms with Crippen molar-refractivity contribution >= 4 is 29.3 Å². The van der Waals surface area contributed by atoms with E-state index in [9.17, 15) is 4.79 Å². The topological polar surface area (TPSA) is 78.6 Å². The van der Waals surface area contributed by atoms with E-state index < -0.39 is 5.60 Å². The zero-order valence-corrected chi connectivity index (χ0v) is 33.4. The van der Waals surface area contributed by atoms with E-state index in [0.29, 0.717) is 28.8 Å². The van der Waals surface area contributed by atoms with Crippen LogP contribution in [0.25, 0.3) is 4.85 Å². The van der Waals surface area contributed by atoms with E-state index >= 15 is 0 Å². The van der Waals surface area contributed by atoms with Gasteiger partial charge in [-0.3, -0.25) is 4.90 Å². The van der Waals surface area contributed by atoms with Crippen molar-refractivity contribution in [1.82, 2.24) is 24.7 Å². The van der Waals surface area contributed by atoms with Crippen LogP contribution in [-0.4, -0.2) is 101 Å². The van der Waals surface area contributed by atoms with Crippen LogP contribution in [-0.2, 0) is 16.8 Å². The average Bonchev–Trinajstić information content (AvgIpc) is 3.60. The van der Waals surface area contributed by atoms with Gasteiger partial charge >= 0.3 is 6.09 Å². The molecule has 3 aromatic rings. The first-order chi connectivity index (χ1) is 25.8. The second-order valence-corrected chi connectivity index (χ2v) is 18.0. The number of hydrogen-bond acceptors (Lipinski definition) is 8. The summed E-state index contributed by atoms with van der Waals surface area (Å²) >= 11 is 6.31. The van der Waals surface area contributed by atoms with Crippen molar-refractivity contribution in [2.75, 3.05) is 63.8 Å². The number of anilines is 1. The predicted octanol–water partition coefficient (Wildman–Crippen LogP) is 8.21. The van der Waals surface area contributed by atoms with E-state index in [0.717, 1.165) is 86.5 Å². The van der Waals surface area contributed by atoms with Gasteiger partial charge in [-0.05, 0) is 112 Å². The zero-order chi connectivity index (χ0) is 38.1. The van der Waals surface area contributed by atoms with Gasteiger partial charge in [-0.2, -0.15) is 0 Å². The van der Waals surface area contributed by atoms with Crippen LogP contribution in [0.3, 0.4) is 0 Å². The molecule has 0 radical (unpaired) electrons. The molecule has 0 N–H and O–H groups in total. The van der Waals surface area contributed by atoms with Crippen LogP contribution < -0.4 is 9.64 Å². The molecule has 10 nitrogen and oxygen atoms in total. The van der Waals surface area contributed by atoms with Crippen molar-refractivity contribution in [3.8, 4) is 5.75 Å². The maximum Gasteiger partial charge on any atom is 0.410 e. The van der Waals surface area contributed by atoms with Gasteiger partial charge in [0.05, 0.1) is 12.3 Å². The van der Waals surface area contributed by atoms with Gasteiger partial charge in [-0.15, -0.1) is 0 Å². The second-order valence-electron chi connectivity index (χ2n) is 17.6. The van der Waals surface area contributed by atoms with Crippen LogP contribution in [0.4, 0.5) is 16.4 Å². The summed E-state index contributed by atoms with van der Waals surface area (Å²) in [5.74, 6) is 2.28. The number of piperazine rings is 1. The summed E-state index contributed by atoms with van der Waals surface area (Å²) in [5.41, 5.74) is 3.19. The molecule has 11 heteroatoms. The molecule has 1 saturated carbocycles. The summed E-state index contributed by atoms with van der Waals surface area (Å²) in [6.07, 6.45) is 7.75. The molecule has 4 aliphatic rings. The summed E-state index contributed by atoms with van der Waals surface area (Å²) in [4.78, 5) is 35.2. The zero-order valence-electron chi connectivity index (χ0n) is 32.7. The fourth-order valence-corrected chi connectivity index (χ4v) is 9.07. The summed E-state index contributed by atoms with van der Waals surface area (Å²) in [6, 6.07) is 16.3. The number of likely N-dealkylation sites (tertiary alicyclic amines) is 2. The van der Waals surface area contributed by atoms with Crippen molar-refractivity contribution < 1.29 is 14.3 Å². The summed E-state index contributed by atoms with van der Waals surface area (Å²) < 4.78 is 11.8. The largest absolute Gasteiger partial charge is 0.487 e. The lowest BCUT2D eigenvalue weighted by Crippen LogP contribution is -2.55. The van der Waals surface area contributed by atoms with Gasteiger partial charge in [-0.25, -0.2) is 19.6 Å². The number of aromatic nitrogens is 2. The van der Waals surface area contributed by atoms with Gasteiger partial charge in [0, 0.05) is 75.0 Å². The Kier molecular flexibility index (Phi) is 11.1. The number of hydrogen-bond donors (Lipinski definition) is 0. The number of carbonyl (C=O) groups is 1. The van der Waals surface area contributed by atoms with Crippen LogP contribution >= 0.6 is 11.6 Å². The fourth-order valence-electron chi connectivity index (χ4n) is 8.84. The van der Waals surface area contributed by atoms with Crippen LogP contribution in [0, 0.1) is 17.9 Å². The van der Waals surface area contributed by atoms with Crippen LogP contribution in [0.2, 0.25) is 5.02 Å². The summed E-state index contributed by atoms with van der Waals surface area (Å²) in [7, 11) is 0. The van der Waals surface area contributed by atoms with Gasteiger partial charge in [-0.1, -0.05) is 43.6 Å². The third-order valence-corrected chi connectivity index (χ3v) is 12.4. The summed E-state index contributed by atoms with van der Waals surface area (Å²) in [6.45, 7) is 27.0. The molecule has 1 unspecified atom stereocenters. The van der Waals surface area contributed by atoms with Crippen molar-refractivity contribution in [2.24, 2.45) is 11.3 Å². The Hall–Kier alpha value is -3.91. The highest BCUT2D eigenvalue weighted by molar-refractivity contribution is 6.31. The molecule has 4 heterocycles. The molecule has 0 bridgehead atoms. The van der Waals surface area contributed by atoms with Crippen LogP contribution in [0.1, 0.15) is 83.5 Å². The molecule has 1 amide bonds. The molecule has 3 aliphatic heterocycles. The number of piperidine rings is 1. The minimum atomic E-state index is -0.438. The monoisotopic (exact) mass is 753 g/mol. The quantitative estimate of drug-likeness (QED) is 0.203. The van der Waals surface area contributed by atoms with Crippen molar-refractivity contribution in [3.63, 3.8) is 0 Å². The van der Waals surface area contributed by atoms with Gasteiger partial charge in [0.25, 0.3) is 0 Å². The number of nitrogens with zero attached hydrogens (tertiary/aromatic N) is 7. The Morgan fingerprint density at radius 2 is 1.67 bits per heavy atom. The molecule has 54 heavy (non-hydrogen) atoms. The highest BCUT2D eigenvalue weighted by Gasteiger charge is 2.49. The number of halogens is 1. The Labute approximate surface area is 326 Å². The summed E-state index contributed by atoms with van der Waals surface area (Å²) in [5, 5.41) is 0.573. The molecule has 1 aromatic heterocycles. The Morgan fingerprint density at radius 1 is 0.944 bits per heavy atom. The first-order valence-corrected chi connectivity index (χ1v) is 20.1. The molecule has 3 saturated heterocycles. The minimum absolute atomic E-state index is 0.157. The normalized spacial score (nSPS) is 21.2. The molecule has 7 rings (SSSR count). The number of rotatable bonds is 9. The lowest BCUT2D eigenvalue weighted by molar-refractivity contribution is -0.0432. The highest BCUT2D eigenvalue weighted by Crippen LogP contribution is 2.51. The Bertz CT molecular complexity index is 1810. The van der Waals surface area contributed by atoms with Gasteiger partial charge in [0.15, 0.2) is 5.69 Å². The van der Waals surface area contributed by atoms with E-state index in [-0.39, 0.29) is 11.5 Å². The number of carbonyl (C=O) groups excluding carboxylic acids is 1. The smallest absolute Gasteiger partial charge is 0.410 e. The predicted molar refractivity (Wildman–Crippen MR) is 213 cm³/mol. The molecule has 1 aliphatic carbocycles. The molecule has 1 atom stereocenters. The first-order valence-electron chi connectivity index (χ1n) is 19.7. The fraction of sp³-hybridized carbons (Fsp3) is 0.581. The molecule has 1 spiro atoms. The van der Waals surface area contributed by atoms with Crippen molar-refractivity contribution in [3.05, 3.63) is 88.0 Å². The highest BCUT2D eigenvalue weighted by atomic mass is 35.5. The van der Waals surface area contributed by atoms with E-state index in [1.54, 1.807) is 6.07 Å². The SMILES string of the molecule is [C-]#[N+]c1cc(Cl)cc(C(C)(C)c2ccc(OCc3ccnc(N4CCN(CC5CCN(C6CC7(CCN(C(=O)OC(C)(C)C)CC7)C6)C5)CC4)n3)cc2)c1. The molecule has 288 valence electrons. The lowest BCUT2D eigenvalue weighted by atomic mass is 9.60. The minimum Gasteiger partial charge on any atom is -0.487 e. The third-order valence-electron chi connectivity index (χ3n) is 12.2. The lowest BCUT2D eigenvalue weighted by Gasteiger charge is -2.54. The van der Waals surface area contributed by atoms with Crippen LogP contribution in [0.15, 0.2) is 54.7 Å². The average molecular weight is 754 g/mol. The number of amides is 1. The molecule has 4 fully saturated rings. The third kappa shape index (κ3) is 8.96. The van der Waals surface area contributed by atoms with Gasteiger partial charge in [0.2, 0.25) is 5.95 Å². The van der Waals surface area contributed by atoms with E-state index in [4.69, 9.17) is 32.6 Å². The van der Waals surface area contributed by atoms with Gasteiger partial charge < -0.3 is 24.2 Å². The number of ether oxygens (including phenoxy) is 2. The van der Waals surface area contributed by atoms with E-state index in [1.807, 2.05) is 62.2 Å².